The fraction of sp³-hybridized carbons (Fsp3) is 0.545. The lowest BCUT2D eigenvalue weighted by Gasteiger charge is -2.30. The second-order valence-electron chi connectivity index (χ2n) is 3.79. The predicted molar refractivity (Wildman–Crippen MR) is 66.9 cm³/mol. The fourth-order valence-electron chi connectivity index (χ4n) is 1.75. The van der Waals surface area contributed by atoms with Gasteiger partial charge in [0.25, 0.3) is 5.91 Å². The number of rotatable bonds is 5. The van der Waals surface area contributed by atoms with Crippen LogP contribution < -0.4 is 11.3 Å². The Morgan fingerprint density at radius 3 is 2.81 bits per heavy atom. The van der Waals surface area contributed by atoms with Crippen molar-refractivity contribution in [3.8, 4) is 0 Å². The summed E-state index contributed by atoms with van der Waals surface area (Å²) in [7, 11) is 1.95. The SMILES string of the molecule is CCC(C(=O)NN)N(C)C(C)c1cccs1. The molecule has 0 aliphatic rings. The summed E-state index contributed by atoms with van der Waals surface area (Å²) in [6.07, 6.45) is 0.745. The molecule has 0 saturated heterocycles. The van der Waals surface area contributed by atoms with E-state index in [2.05, 4.69) is 18.4 Å². The van der Waals surface area contributed by atoms with Crippen LogP contribution in [0.1, 0.15) is 31.2 Å². The van der Waals surface area contributed by atoms with Gasteiger partial charge in [0.15, 0.2) is 0 Å². The highest BCUT2D eigenvalue weighted by molar-refractivity contribution is 7.10. The Hall–Kier alpha value is -0.910. The highest BCUT2D eigenvalue weighted by Gasteiger charge is 2.25. The first-order valence-corrected chi connectivity index (χ1v) is 6.25. The van der Waals surface area contributed by atoms with Crippen LogP contribution in [-0.4, -0.2) is 23.9 Å². The fourth-order valence-corrected chi connectivity index (χ4v) is 2.59. The molecule has 4 nitrogen and oxygen atoms in total. The van der Waals surface area contributed by atoms with Crippen molar-refractivity contribution in [2.24, 2.45) is 5.84 Å². The Morgan fingerprint density at radius 1 is 1.69 bits per heavy atom. The second-order valence-corrected chi connectivity index (χ2v) is 4.77. The molecule has 0 saturated carbocycles. The number of nitrogens with one attached hydrogen (secondary N) is 1. The van der Waals surface area contributed by atoms with E-state index in [0.717, 1.165) is 6.42 Å². The van der Waals surface area contributed by atoms with Gasteiger partial charge in [-0.2, -0.15) is 0 Å². The van der Waals surface area contributed by atoms with Crippen molar-refractivity contribution in [2.45, 2.75) is 32.4 Å². The lowest BCUT2D eigenvalue weighted by Crippen LogP contribution is -2.47. The van der Waals surface area contributed by atoms with E-state index in [9.17, 15) is 4.79 Å². The Bertz CT molecular complexity index is 326. The molecule has 0 radical (unpaired) electrons. The average Bonchev–Trinajstić information content (AvgIpc) is 2.81. The molecule has 1 heterocycles. The van der Waals surface area contributed by atoms with Crippen LogP contribution >= 0.6 is 11.3 Å². The topological polar surface area (TPSA) is 58.4 Å². The van der Waals surface area contributed by atoms with Crippen molar-refractivity contribution >= 4 is 17.2 Å². The van der Waals surface area contributed by atoms with Crippen molar-refractivity contribution in [1.29, 1.82) is 0 Å². The zero-order valence-corrected chi connectivity index (χ0v) is 10.8. The van der Waals surface area contributed by atoms with Crippen LogP contribution in [0.4, 0.5) is 0 Å². The zero-order chi connectivity index (χ0) is 12.1. The van der Waals surface area contributed by atoms with Gasteiger partial charge in [-0.15, -0.1) is 11.3 Å². The van der Waals surface area contributed by atoms with Crippen molar-refractivity contribution in [2.75, 3.05) is 7.05 Å². The van der Waals surface area contributed by atoms with Gasteiger partial charge in [0.1, 0.15) is 0 Å². The third kappa shape index (κ3) is 2.81. The van der Waals surface area contributed by atoms with E-state index in [0.29, 0.717) is 0 Å². The molecule has 0 bridgehead atoms. The smallest absolute Gasteiger partial charge is 0.251 e. The third-order valence-electron chi connectivity index (χ3n) is 2.89. The number of amides is 1. The summed E-state index contributed by atoms with van der Waals surface area (Å²) in [5.74, 6) is 5.05. The molecule has 1 aromatic rings. The first-order chi connectivity index (χ1) is 7.61. The lowest BCUT2D eigenvalue weighted by molar-refractivity contribution is -0.126. The van der Waals surface area contributed by atoms with Crippen LogP contribution in [-0.2, 0) is 4.79 Å². The quantitative estimate of drug-likeness (QED) is 0.467. The Labute approximate surface area is 100 Å². The third-order valence-corrected chi connectivity index (χ3v) is 3.93. The van der Waals surface area contributed by atoms with Gasteiger partial charge in [0.05, 0.1) is 6.04 Å². The van der Waals surface area contributed by atoms with E-state index < -0.39 is 0 Å². The summed E-state index contributed by atoms with van der Waals surface area (Å²) in [4.78, 5) is 14.9. The molecule has 3 N–H and O–H groups in total. The van der Waals surface area contributed by atoms with Crippen molar-refractivity contribution < 1.29 is 4.79 Å². The number of hydrogen-bond acceptors (Lipinski definition) is 4. The van der Waals surface area contributed by atoms with Gasteiger partial charge in [0, 0.05) is 10.9 Å². The number of hydrazine groups is 1. The maximum atomic E-state index is 11.6. The van der Waals surface area contributed by atoms with Crippen LogP contribution in [0.25, 0.3) is 0 Å². The van der Waals surface area contributed by atoms with Crippen molar-refractivity contribution in [1.82, 2.24) is 10.3 Å². The number of likely N-dealkylation sites (N-methyl/N-ethyl adjacent to an activating group) is 1. The zero-order valence-electron chi connectivity index (χ0n) is 9.93. The molecule has 0 aliphatic carbocycles. The number of thiophene rings is 1. The van der Waals surface area contributed by atoms with Crippen molar-refractivity contribution in [3.05, 3.63) is 22.4 Å². The molecule has 0 spiro atoms. The minimum atomic E-state index is -0.179. The molecule has 16 heavy (non-hydrogen) atoms. The second kappa shape index (κ2) is 5.98. The summed E-state index contributed by atoms with van der Waals surface area (Å²) in [6.45, 7) is 4.08. The molecule has 1 aromatic heterocycles. The molecule has 1 amide bonds. The number of carbonyl (C=O) groups is 1. The van der Waals surface area contributed by atoms with E-state index in [1.807, 2.05) is 30.3 Å². The predicted octanol–water partition coefficient (Wildman–Crippen LogP) is 1.51. The van der Waals surface area contributed by atoms with Gasteiger partial charge < -0.3 is 0 Å². The minimum Gasteiger partial charge on any atom is -0.293 e. The number of nitrogens with zero attached hydrogens (tertiary/aromatic N) is 1. The lowest BCUT2D eigenvalue weighted by atomic mass is 10.1. The Morgan fingerprint density at radius 2 is 2.38 bits per heavy atom. The standard InChI is InChI=1S/C11H19N3OS/c1-4-9(11(15)13-12)14(3)8(2)10-6-5-7-16-10/h5-9H,4,12H2,1-3H3,(H,13,15). The van der Waals surface area contributed by atoms with Gasteiger partial charge in [-0.05, 0) is 31.8 Å². The van der Waals surface area contributed by atoms with Gasteiger partial charge in [-0.3, -0.25) is 15.1 Å². The first kappa shape index (κ1) is 13.2. The normalized spacial score (nSPS) is 14.8. The van der Waals surface area contributed by atoms with Crippen molar-refractivity contribution in [3.63, 3.8) is 0 Å². The number of hydrogen-bond donors (Lipinski definition) is 2. The summed E-state index contributed by atoms with van der Waals surface area (Å²) in [5.41, 5.74) is 2.22. The van der Waals surface area contributed by atoms with Crippen LogP contribution in [0.3, 0.4) is 0 Å². The van der Waals surface area contributed by atoms with Crippen LogP contribution in [0.5, 0.6) is 0 Å². The molecule has 5 heteroatoms. The average molecular weight is 241 g/mol. The molecule has 2 atom stereocenters. The molecule has 90 valence electrons. The number of carbonyl (C=O) groups excluding carboxylic acids is 1. The largest absolute Gasteiger partial charge is 0.293 e. The summed E-state index contributed by atoms with van der Waals surface area (Å²) in [5, 5.41) is 2.05. The van der Waals surface area contributed by atoms with Gasteiger partial charge in [-0.25, -0.2) is 5.84 Å². The molecular weight excluding hydrogens is 222 g/mol. The van der Waals surface area contributed by atoms with Gasteiger partial charge in [-0.1, -0.05) is 13.0 Å². The molecule has 1 rings (SSSR count). The van der Waals surface area contributed by atoms with Crippen LogP contribution in [0.2, 0.25) is 0 Å². The molecule has 2 unspecified atom stereocenters. The van der Waals surface area contributed by atoms with E-state index in [-0.39, 0.29) is 18.0 Å². The van der Waals surface area contributed by atoms with E-state index in [1.165, 1.54) is 4.88 Å². The monoisotopic (exact) mass is 241 g/mol. The molecule has 0 aliphatic heterocycles. The van der Waals surface area contributed by atoms with E-state index in [4.69, 9.17) is 5.84 Å². The minimum absolute atomic E-state index is 0.131. The van der Waals surface area contributed by atoms with Crippen LogP contribution in [0.15, 0.2) is 17.5 Å². The molecule has 0 fully saturated rings. The Kier molecular flexibility index (Phi) is 4.92. The highest BCUT2D eigenvalue weighted by atomic mass is 32.1. The van der Waals surface area contributed by atoms with Gasteiger partial charge in [0.2, 0.25) is 0 Å². The summed E-state index contributed by atoms with van der Waals surface area (Å²) in [6, 6.07) is 4.15. The molecular formula is C11H19N3OS. The maximum absolute atomic E-state index is 11.6. The van der Waals surface area contributed by atoms with Crippen LogP contribution in [0, 0.1) is 0 Å². The first-order valence-electron chi connectivity index (χ1n) is 5.37. The Balaban J connectivity index is 2.75. The van der Waals surface area contributed by atoms with Gasteiger partial charge >= 0.3 is 0 Å². The summed E-state index contributed by atoms with van der Waals surface area (Å²) < 4.78 is 0. The highest BCUT2D eigenvalue weighted by Crippen LogP contribution is 2.25. The summed E-state index contributed by atoms with van der Waals surface area (Å²) >= 11 is 1.70. The number of nitrogens with two attached hydrogens (primary N) is 1. The van der Waals surface area contributed by atoms with E-state index >= 15 is 0 Å². The molecule has 0 aromatic carbocycles. The maximum Gasteiger partial charge on any atom is 0.251 e. The van der Waals surface area contributed by atoms with E-state index in [1.54, 1.807) is 11.3 Å².